The molecule has 0 atom stereocenters. The number of nitriles is 1. The Hall–Kier alpha value is -4.44. The zero-order valence-corrected chi connectivity index (χ0v) is 22.8. The van der Waals surface area contributed by atoms with Crippen molar-refractivity contribution in [2.75, 3.05) is 5.32 Å². The standard InChI is InChI=1S/C26H25ClF3N9O/c1-15-9-16(12-31)10-19(23(40)33-25(2,3)4)22(15)32-13-18-11-17(14-38-36-24(34-37-38)26(28,29)30)35-39(18)21-8-6-5-7-20(21)27/h5-11,32H,13-14H2,1-4H3,(H,33,40). The molecule has 0 aliphatic rings. The van der Waals surface area contributed by atoms with Crippen molar-refractivity contribution in [3.8, 4) is 11.8 Å². The Morgan fingerprint density at radius 1 is 1.12 bits per heavy atom. The number of hydrogen-bond acceptors (Lipinski definition) is 7. The molecule has 2 N–H and O–H groups in total. The van der Waals surface area contributed by atoms with Gasteiger partial charge in [0.25, 0.3) is 11.7 Å². The fourth-order valence-electron chi connectivity index (χ4n) is 3.93. The van der Waals surface area contributed by atoms with E-state index in [1.807, 2.05) is 20.8 Å². The predicted molar refractivity (Wildman–Crippen MR) is 141 cm³/mol. The predicted octanol–water partition coefficient (Wildman–Crippen LogP) is 4.90. The molecule has 14 heteroatoms. The van der Waals surface area contributed by atoms with Gasteiger partial charge in [-0.05, 0) is 68.8 Å². The summed E-state index contributed by atoms with van der Waals surface area (Å²) in [6.45, 7) is 7.31. The van der Waals surface area contributed by atoms with Crippen LogP contribution in [0.25, 0.3) is 5.69 Å². The molecule has 208 valence electrons. The van der Waals surface area contributed by atoms with Gasteiger partial charge in [0.1, 0.15) is 6.54 Å². The Morgan fingerprint density at radius 3 is 2.48 bits per heavy atom. The lowest BCUT2D eigenvalue weighted by atomic mass is 10.0. The second-order valence-electron chi connectivity index (χ2n) is 10.0. The SMILES string of the molecule is Cc1cc(C#N)cc(C(=O)NC(C)(C)C)c1NCc1cc(Cn2nnc(C(F)(F)F)n2)nn1-c1ccccc1Cl. The molecule has 0 spiro atoms. The molecule has 40 heavy (non-hydrogen) atoms. The second kappa shape index (κ2) is 11.0. The molecular weight excluding hydrogens is 547 g/mol. The van der Waals surface area contributed by atoms with Crippen LogP contribution in [0.3, 0.4) is 0 Å². The van der Waals surface area contributed by atoms with E-state index in [-0.39, 0.29) is 19.0 Å². The molecule has 0 radical (unpaired) electrons. The summed E-state index contributed by atoms with van der Waals surface area (Å²) < 4.78 is 40.3. The smallest absolute Gasteiger partial charge is 0.379 e. The zero-order chi connectivity index (χ0) is 29.2. The lowest BCUT2D eigenvalue weighted by Crippen LogP contribution is -2.41. The maximum absolute atomic E-state index is 13.1. The van der Waals surface area contributed by atoms with Crippen molar-refractivity contribution in [2.45, 2.75) is 52.5 Å². The van der Waals surface area contributed by atoms with E-state index >= 15 is 0 Å². The number of nitrogens with one attached hydrogen (secondary N) is 2. The van der Waals surface area contributed by atoms with Crippen molar-refractivity contribution in [3.05, 3.63) is 81.4 Å². The number of amides is 1. The average molecular weight is 572 g/mol. The molecule has 1 amide bonds. The van der Waals surface area contributed by atoms with Crippen LogP contribution in [0.2, 0.25) is 5.02 Å². The number of alkyl halides is 3. The van der Waals surface area contributed by atoms with Crippen LogP contribution >= 0.6 is 11.6 Å². The van der Waals surface area contributed by atoms with Crippen molar-refractivity contribution in [3.63, 3.8) is 0 Å². The Balaban J connectivity index is 1.70. The molecule has 0 aliphatic carbocycles. The number of para-hydroxylation sites is 1. The van der Waals surface area contributed by atoms with Gasteiger partial charge in [-0.1, -0.05) is 23.7 Å². The molecule has 0 unspecified atom stereocenters. The van der Waals surface area contributed by atoms with Crippen LogP contribution in [0, 0.1) is 18.3 Å². The van der Waals surface area contributed by atoms with Gasteiger partial charge in [-0.3, -0.25) is 4.79 Å². The molecule has 4 aromatic rings. The second-order valence-corrected chi connectivity index (χ2v) is 10.4. The number of aromatic nitrogens is 6. The Labute approximate surface area is 232 Å². The van der Waals surface area contributed by atoms with Crippen LogP contribution in [0.5, 0.6) is 0 Å². The van der Waals surface area contributed by atoms with Crippen molar-refractivity contribution in [1.82, 2.24) is 35.3 Å². The number of carbonyl (C=O) groups is 1. The van der Waals surface area contributed by atoms with Gasteiger partial charge < -0.3 is 10.6 Å². The van der Waals surface area contributed by atoms with E-state index < -0.39 is 17.5 Å². The van der Waals surface area contributed by atoms with Crippen LogP contribution in [-0.4, -0.2) is 41.4 Å². The highest BCUT2D eigenvalue weighted by Gasteiger charge is 2.36. The molecule has 0 fully saturated rings. The zero-order valence-electron chi connectivity index (χ0n) is 22.0. The molecule has 0 aliphatic heterocycles. The van der Waals surface area contributed by atoms with Gasteiger partial charge in [0.15, 0.2) is 0 Å². The maximum atomic E-state index is 13.1. The van der Waals surface area contributed by atoms with Gasteiger partial charge in [-0.25, -0.2) is 4.68 Å². The molecule has 4 rings (SSSR count). The number of tetrazole rings is 1. The first-order chi connectivity index (χ1) is 18.7. The first kappa shape index (κ1) is 28.6. The molecule has 2 heterocycles. The van der Waals surface area contributed by atoms with Crippen LogP contribution in [0.1, 0.15) is 59.5 Å². The van der Waals surface area contributed by atoms with E-state index in [1.54, 1.807) is 48.0 Å². The van der Waals surface area contributed by atoms with Crippen molar-refractivity contribution in [1.29, 1.82) is 5.26 Å². The Bertz CT molecular complexity index is 1600. The van der Waals surface area contributed by atoms with Gasteiger partial charge >= 0.3 is 6.18 Å². The fourth-order valence-corrected chi connectivity index (χ4v) is 4.15. The lowest BCUT2D eigenvalue weighted by Gasteiger charge is -2.23. The highest BCUT2D eigenvalue weighted by molar-refractivity contribution is 6.32. The van der Waals surface area contributed by atoms with Crippen LogP contribution < -0.4 is 10.6 Å². The van der Waals surface area contributed by atoms with Gasteiger partial charge in [0, 0.05) is 5.54 Å². The summed E-state index contributed by atoms with van der Waals surface area (Å²) in [5.74, 6) is -1.70. The van der Waals surface area contributed by atoms with Gasteiger partial charge in [-0.2, -0.15) is 28.3 Å². The number of aryl methyl sites for hydroxylation is 1. The number of halogens is 4. The van der Waals surface area contributed by atoms with Gasteiger partial charge in [0.2, 0.25) is 0 Å². The highest BCUT2D eigenvalue weighted by atomic mass is 35.5. The van der Waals surface area contributed by atoms with E-state index in [1.165, 1.54) is 6.07 Å². The molecule has 0 saturated carbocycles. The number of rotatable bonds is 7. The first-order valence-corrected chi connectivity index (χ1v) is 12.4. The van der Waals surface area contributed by atoms with E-state index in [0.717, 1.165) is 4.80 Å². The first-order valence-electron chi connectivity index (χ1n) is 12.0. The van der Waals surface area contributed by atoms with Crippen LogP contribution in [-0.2, 0) is 19.3 Å². The molecule has 0 saturated heterocycles. The monoisotopic (exact) mass is 571 g/mol. The highest BCUT2D eigenvalue weighted by Crippen LogP contribution is 2.27. The Morgan fingerprint density at radius 2 is 1.85 bits per heavy atom. The fraction of sp³-hybridized carbons (Fsp3) is 0.308. The van der Waals surface area contributed by atoms with Gasteiger partial charge in [0.05, 0.1) is 51.5 Å². The summed E-state index contributed by atoms with van der Waals surface area (Å²) in [4.78, 5) is 13.9. The minimum atomic E-state index is -4.72. The minimum Gasteiger partial charge on any atom is -0.379 e. The van der Waals surface area contributed by atoms with Crippen LogP contribution in [0.15, 0.2) is 42.5 Å². The Kier molecular flexibility index (Phi) is 7.84. The normalized spacial score (nSPS) is 11.8. The number of benzene rings is 2. The van der Waals surface area contributed by atoms with Gasteiger partial charge in [-0.15, -0.1) is 10.2 Å². The number of carbonyl (C=O) groups excluding carboxylic acids is 1. The number of nitrogens with zero attached hydrogens (tertiary/aromatic N) is 7. The molecule has 0 bridgehead atoms. The van der Waals surface area contributed by atoms with E-state index in [4.69, 9.17) is 11.6 Å². The van der Waals surface area contributed by atoms with E-state index in [2.05, 4.69) is 37.2 Å². The minimum absolute atomic E-state index is 0.152. The average Bonchev–Trinajstić information content (AvgIpc) is 3.49. The third kappa shape index (κ3) is 6.58. The molecular formula is C26H25ClF3N9O. The summed E-state index contributed by atoms with van der Waals surface area (Å²) in [6, 6.07) is 13.9. The van der Waals surface area contributed by atoms with Crippen LogP contribution in [0.4, 0.5) is 18.9 Å². The summed E-state index contributed by atoms with van der Waals surface area (Å²) >= 11 is 6.43. The third-order valence-corrected chi connectivity index (χ3v) is 5.89. The van der Waals surface area contributed by atoms with E-state index in [9.17, 15) is 23.2 Å². The third-order valence-electron chi connectivity index (χ3n) is 5.57. The quantitative estimate of drug-likeness (QED) is 0.323. The van der Waals surface area contributed by atoms with Crippen molar-refractivity contribution < 1.29 is 18.0 Å². The summed E-state index contributed by atoms with van der Waals surface area (Å²) in [5.41, 5.74) is 2.79. The van der Waals surface area contributed by atoms with E-state index in [0.29, 0.717) is 44.5 Å². The maximum Gasteiger partial charge on any atom is 0.455 e. The van der Waals surface area contributed by atoms with Crippen molar-refractivity contribution in [2.24, 2.45) is 0 Å². The van der Waals surface area contributed by atoms with Crippen molar-refractivity contribution >= 4 is 23.2 Å². The summed E-state index contributed by atoms with van der Waals surface area (Å²) in [6.07, 6.45) is -4.72. The molecule has 2 aromatic heterocycles. The summed E-state index contributed by atoms with van der Waals surface area (Å²) in [5, 5.41) is 30.5. The number of hydrogen-bond donors (Lipinski definition) is 2. The summed E-state index contributed by atoms with van der Waals surface area (Å²) in [7, 11) is 0. The molecule has 10 nitrogen and oxygen atoms in total. The number of anilines is 1. The molecule has 2 aromatic carbocycles. The topological polar surface area (TPSA) is 126 Å². The lowest BCUT2D eigenvalue weighted by molar-refractivity contribution is -0.145. The largest absolute Gasteiger partial charge is 0.455 e.